The molecule has 3 aliphatic heterocycles. The fourth-order valence-corrected chi connectivity index (χ4v) is 7.79. The molecule has 196 valence electrons. The van der Waals surface area contributed by atoms with Gasteiger partial charge in [-0.15, -0.1) is 0 Å². The maximum Gasteiger partial charge on any atom is 0.225 e. The van der Waals surface area contributed by atoms with Crippen LogP contribution < -0.4 is 0 Å². The average Bonchev–Trinajstić information content (AvgIpc) is 3.38. The lowest BCUT2D eigenvalue weighted by Crippen LogP contribution is -2.49. The van der Waals surface area contributed by atoms with Crippen molar-refractivity contribution in [2.24, 2.45) is 5.92 Å². The van der Waals surface area contributed by atoms with Gasteiger partial charge >= 0.3 is 0 Å². The predicted octanol–water partition coefficient (Wildman–Crippen LogP) is 6.12. The molecule has 0 saturated carbocycles. The molecular formula is C32H42N4O. The minimum absolute atomic E-state index is 0.0809. The largest absolute Gasteiger partial charge is 0.342 e. The molecule has 1 unspecified atom stereocenters. The molecule has 3 atom stereocenters. The van der Waals surface area contributed by atoms with Gasteiger partial charge in [-0.25, -0.2) is 4.98 Å². The van der Waals surface area contributed by atoms with Crippen molar-refractivity contribution in [2.75, 3.05) is 19.6 Å². The van der Waals surface area contributed by atoms with E-state index in [2.05, 4.69) is 75.9 Å². The Bertz CT molecular complexity index is 1230. The summed E-state index contributed by atoms with van der Waals surface area (Å²) in [4.78, 5) is 22.5. The van der Waals surface area contributed by atoms with Crippen LogP contribution in [0.4, 0.5) is 0 Å². The summed E-state index contributed by atoms with van der Waals surface area (Å²) in [5, 5.41) is 0. The molecule has 6 rings (SSSR count). The Morgan fingerprint density at radius 1 is 0.946 bits per heavy atom. The molecule has 4 heterocycles. The Hall–Kier alpha value is -2.66. The third-order valence-corrected chi connectivity index (χ3v) is 9.76. The standard InChI is InChI=1S/C32H42N4O/c1-23(2)31(37)34-18-15-32(16-19-34,25-9-5-4-6-10-25)17-20-35-26-13-14-27(35)22-28(21-26)36-24(3)33-29-11-7-8-12-30(29)36/h4-12,23,26-28H,13-22H2,1-3H3/t26-,27+,28?. The van der Waals surface area contributed by atoms with Gasteiger partial charge in [0.15, 0.2) is 0 Å². The SMILES string of the molecule is Cc1nc2ccccc2n1C1C[C@H]2CC[C@@H](C1)N2CCC1(c2ccccc2)CCN(C(=O)C(C)C)CC1. The van der Waals surface area contributed by atoms with Crippen molar-refractivity contribution in [1.29, 1.82) is 0 Å². The second kappa shape index (κ2) is 9.90. The van der Waals surface area contributed by atoms with E-state index in [1.165, 1.54) is 49.7 Å². The Kier molecular flexibility index (Phi) is 6.60. The molecular weight excluding hydrogens is 456 g/mol. The normalized spacial score (nSPS) is 25.7. The van der Waals surface area contributed by atoms with Crippen LogP contribution in [-0.2, 0) is 10.2 Å². The van der Waals surface area contributed by atoms with E-state index >= 15 is 0 Å². The van der Waals surface area contributed by atoms with Gasteiger partial charge in [-0.05, 0) is 81.5 Å². The first kappa shape index (κ1) is 24.7. The molecule has 1 aromatic heterocycles. The molecule has 2 aromatic carbocycles. The van der Waals surface area contributed by atoms with Gasteiger partial charge in [0.2, 0.25) is 5.91 Å². The Labute approximate surface area is 221 Å². The predicted molar refractivity (Wildman–Crippen MR) is 150 cm³/mol. The molecule has 2 bridgehead atoms. The third-order valence-electron chi connectivity index (χ3n) is 9.76. The zero-order valence-electron chi connectivity index (χ0n) is 22.8. The van der Waals surface area contributed by atoms with E-state index in [9.17, 15) is 4.79 Å². The lowest BCUT2D eigenvalue weighted by atomic mass is 9.70. The van der Waals surface area contributed by atoms with Gasteiger partial charge in [0.25, 0.3) is 0 Å². The molecule has 3 aromatic rings. The number of carbonyl (C=O) groups excluding carboxylic acids is 1. The van der Waals surface area contributed by atoms with Gasteiger partial charge in [-0.3, -0.25) is 9.69 Å². The van der Waals surface area contributed by atoms with Crippen molar-refractivity contribution >= 4 is 16.9 Å². The summed E-state index contributed by atoms with van der Waals surface area (Å²) in [6, 6.07) is 21.7. The van der Waals surface area contributed by atoms with E-state index in [0.29, 0.717) is 24.0 Å². The van der Waals surface area contributed by atoms with E-state index in [1.807, 2.05) is 13.8 Å². The van der Waals surface area contributed by atoms with E-state index in [-0.39, 0.29) is 11.3 Å². The van der Waals surface area contributed by atoms with Crippen molar-refractivity contribution in [1.82, 2.24) is 19.4 Å². The Morgan fingerprint density at radius 2 is 1.59 bits per heavy atom. The van der Waals surface area contributed by atoms with E-state index in [4.69, 9.17) is 4.98 Å². The minimum atomic E-state index is 0.0809. The fourth-order valence-electron chi connectivity index (χ4n) is 7.79. The first-order chi connectivity index (χ1) is 17.9. The van der Waals surface area contributed by atoms with E-state index < -0.39 is 0 Å². The average molecular weight is 499 g/mol. The summed E-state index contributed by atoms with van der Waals surface area (Å²) in [6.07, 6.45) is 8.43. The third kappa shape index (κ3) is 4.50. The summed E-state index contributed by atoms with van der Waals surface area (Å²) in [5.41, 5.74) is 4.06. The molecule has 3 saturated heterocycles. The Balaban J connectivity index is 1.18. The highest BCUT2D eigenvalue weighted by Crippen LogP contribution is 2.45. The van der Waals surface area contributed by atoms with Gasteiger partial charge in [-0.2, -0.15) is 0 Å². The minimum Gasteiger partial charge on any atom is -0.342 e. The van der Waals surface area contributed by atoms with Crippen molar-refractivity contribution in [2.45, 2.75) is 89.3 Å². The lowest BCUT2D eigenvalue weighted by molar-refractivity contribution is -0.136. The molecule has 0 spiro atoms. The molecule has 5 nitrogen and oxygen atoms in total. The van der Waals surface area contributed by atoms with Crippen LogP contribution in [0.2, 0.25) is 0 Å². The highest BCUT2D eigenvalue weighted by Gasteiger charge is 2.44. The number of fused-ring (bicyclic) bond motifs is 3. The lowest BCUT2D eigenvalue weighted by Gasteiger charge is -2.46. The zero-order valence-corrected chi connectivity index (χ0v) is 22.8. The van der Waals surface area contributed by atoms with Crippen LogP contribution in [0.5, 0.6) is 0 Å². The molecule has 37 heavy (non-hydrogen) atoms. The summed E-state index contributed by atoms with van der Waals surface area (Å²) in [7, 11) is 0. The van der Waals surface area contributed by atoms with Crippen molar-refractivity contribution in [3.05, 3.63) is 66.0 Å². The van der Waals surface area contributed by atoms with Gasteiger partial charge < -0.3 is 9.47 Å². The molecule has 5 heteroatoms. The number of benzene rings is 2. The maximum atomic E-state index is 12.7. The van der Waals surface area contributed by atoms with Crippen molar-refractivity contribution < 1.29 is 4.79 Å². The number of imidazole rings is 1. The highest BCUT2D eigenvalue weighted by molar-refractivity contribution is 5.78. The molecule has 1 amide bonds. The van der Waals surface area contributed by atoms with E-state index in [1.54, 1.807) is 0 Å². The number of carbonyl (C=O) groups is 1. The van der Waals surface area contributed by atoms with Gasteiger partial charge in [0.05, 0.1) is 11.0 Å². The smallest absolute Gasteiger partial charge is 0.225 e. The number of para-hydroxylation sites is 2. The number of hydrogen-bond donors (Lipinski definition) is 0. The van der Waals surface area contributed by atoms with Crippen LogP contribution in [0.15, 0.2) is 54.6 Å². The number of amides is 1. The second-order valence-corrected chi connectivity index (χ2v) is 12.1. The van der Waals surface area contributed by atoms with Crippen LogP contribution >= 0.6 is 0 Å². The fraction of sp³-hybridized carbons (Fsp3) is 0.562. The quantitative estimate of drug-likeness (QED) is 0.411. The van der Waals surface area contributed by atoms with Crippen molar-refractivity contribution in [3.8, 4) is 0 Å². The molecule has 0 radical (unpaired) electrons. The number of likely N-dealkylation sites (tertiary alicyclic amines) is 1. The number of nitrogens with zero attached hydrogens (tertiary/aromatic N) is 4. The van der Waals surface area contributed by atoms with Crippen LogP contribution in [0.1, 0.15) is 76.2 Å². The maximum absolute atomic E-state index is 12.7. The van der Waals surface area contributed by atoms with Gasteiger partial charge in [-0.1, -0.05) is 56.3 Å². The monoisotopic (exact) mass is 498 g/mol. The van der Waals surface area contributed by atoms with Gasteiger partial charge in [0.1, 0.15) is 5.82 Å². The molecule has 3 fully saturated rings. The van der Waals surface area contributed by atoms with Crippen LogP contribution in [0.25, 0.3) is 11.0 Å². The summed E-state index contributed by atoms with van der Waals surface area (Å²) >= 11 is 0. The number of rotatable bonds is 6. The van der Waals surface area contributed by atoms with Crippen molar-refractivity contribution in [3.63, 3.8) is 0 Å². The van der Waals surface area contributed by atoms with E-state index in [0.717, 1.165) is 37.3 Å². The number of piperidine rings is 2. The topological polar surface area (TPSA) is 41.4 Å². The van der Waals surface area contributed by atoms with Crippen LogP contribution in [-0.4, -0.2) is 57.0 Å². The number of aryl methyl sites for hydroxylation is 1. The molecule has 0 N–H and O–H groups in total. The number of hydrogen-bond acceptors (Lipinski definition) is 3. The number of aromatic nitrogens is 2. The van der Waals surface area contributed by atoms with Crippen LogP contribution in [0, 0.1) is 12.8 Å². The molecule has 3 aliphatic rings. The summed E-state index contributed by atoms with van der Waals surface area (Å²) in [6.45, 7) is 9.15. The summed E-state index contributed by atoms with van der Waals surface area (Å²) in [5.74, 6) is 1.55. The summed E-state index contributed by atoms with van der Waals surface area (Å²) < 4.78 is 2.53. The molecule has 0 aliphatic carbocycles. The highest BCUT2D eigenvalue weighted by atomic mass is 16.2. The van der Waals surface area contributed by atoms with Gasteiger partial charge in [0, 0.05) is 37.1 Å². The second-order valence-electron chi connectivity index (χ2n) is 12.1. The first-order valence-electron chi connectivity index (χ1n) is 14.5. The Morgan fingerprint density at radius 3 is 2.27 bits per heavy atom. The first-order valence-corrected chi connectivity index (χ1v) is 14.5. The zero-order chi connectivity index (χ0) is 25.6. The van der Waals surface area contributed by atoms with Crippen LogP contribution in [0.3, 0.4) is 0 Å².